The molecule has 0 unspecified atom stereocenters. The average molecular weight is 409 g/mol. The molecule has 1 amide bonds. The van der Waals surface area contributed by atoms with E-state index in [1.807, 2.05) is 42.1 Å². The normalized spacial score (nSPS) is 11.3. The number of imidazole rings is 1. The Morgan fingerprint density at radius 3 is 2.59 bits per heavy atom. The summed E-state index contributed by atoms with van der Waals surface area (Å²) in [7, 11) is 1.92. The molecule has 0 atom stereocenters. The van der Waals surface area contributed by atoms with Crippen molar-refractivity contribution in [3.8, 4) is 0 Å². The summed E-state index contributed by atoms with van der Waals surface area (Å²) in [6.07, 6.45) is 6.72. The third-order valence-electron chi connectivity index (χ3n) is 4.89. The molecule has 8 heteroatoms. The molecule has 0 saturated carbocycles. The average Bonchev–Trinajstić information content (AvgIpc) is 3.30. The number of amides is 1. The number of nitrogens with zero attached hydrogens (tertiary/aromatic N) is 5. The molecule has 7 nitrogen and oxygen atoms in total. The Hall–Kier alpha value is -3.19. The molecule has 0 aliphatic carbocycles. The number of carbonyl (C=O) groups is 1. The number of fused-ring (bicyclic) bond motifs is 1. The molecule has 0 radical (unpaired) electrons. The van der Waals surface area contributed by atoms with Crippen LogP contribution in [-0.2, 0) is 13.6 Å². The number of rotatable bonds is 5. The van der Waals surface area contributed by atoms with Crippen molar-refractivity contribution >= 4 is 34.2 Å². The largest absolute Gasteiger partial charge is 0.336 e. The lowest BCUT2D eigenvalue weighted by molar-refractivity contribution is 0.102. The van der Waals surface area contributed by atoms with Gasteiger partial charge in [-0.15, -0.1) is 0 Å². The fraction of sp³-hybridized carbons (Fsp3) is 0.238. The summed E-state index contributed by atoms with van der Waals surface area (Å²) in [6, 6.07) is 7.78. The van der Waals surface area contributed by atoms with Crippen LogP contribution >= 0.6 is 11.6 Å². The number of hydrogen-bond acceptors (Lipinski definition) is 4. The molecule has 0 spiro atoms. The second kappa shape index (κ2) is 7.67. The molecular formula is C21H21ClN6O. The van der Waals surface area contributed by atoms with E-state index >= 15 is 0 Å². The van der Waals surface area contributed by atoms with Gasteiger partial charge in [-0.05, 0) is 23.6 Å². The first kappa shape index (κ1) is 19.1. The second-order valence-electron chi connectivity index (χ2n) is 7.21. The molecule has 0 aliphatic rings. The predicted octanol–water partition coefficient (Wildman–Crippen LogP) is 4.24. The first-order valence-corrected chi connectivity index (χ1v) is 9.69. The van der Waals surface area contributed by atoms with Crippen molar-refractivity contribution in [3.63, 3.8) is 0 Å². The van der Waals surface area contributed by atoms with Gasteiger partial charge in [-0.3, -0.25) is 4.79 Å². The number of benzene rings is 1. The van der Waals surface area contributed by atoms with Gasteiger partial charge >= 0.3 is 0 Å². The van der Waals surface area contributed by atoms with Gasteiger partial charge in [-0.25, -0.2) is 14.6 Å². The lowest BCUT2D eigenvalue weighted by Gasteiger charge is -2.10. The summed E-state index contributed by atoms with van der Waals surface area (Å²) in [5.41, 5.74) is 2.84. The summed E-state index contributed by atoms with van der Waals surface area (Å²) in [6.45, 7) is 4.72. The lowest BCUT2D eigenvalue weighted by atomic mass is 10.0. The SMILES string of the molecule is CC(C)c1ccc(NC(=O)c2cnc3c(cnn3Cc3nccn3C)c2Cl)cc1. The summed E-state index contributed by atoms with van der Waals surface area (Å²) in [5, 5.41) is 8.20. The number of aryl methyl sites for hydroxylation is 1. The van der Waals surface area contributed by atoms with Crippen molar-refractivity contribution < 1.29 is 4.79 Å². The summed E-state index contributed by atoms with van der Waals surface area (Å²) in [4.78, 5) is 21.5. The highest BCUT2D eigenvalue weighted by Gasteiger charge is 2.18. The van der Waals surface area contributed by atoms with E-state index in [9.17, 15) is 4.79 Å². The van der Waals surface area contributed by atoms with Gasteiger partial charge < -0.3 is 9.88 Å². The summed E-state index contributed by atoms with van der Waals surface area (Å²) < 4.78 is 3.64. The van der Waals surface area contributed by atoms with Crippen LogP contribution in [0, 0.1) is 0 Å². The maximum absolute atomic E-state index is 12.7. The highest BCUT2D eigenvalue weighted by atomic mass is 35.5. The Morgan fingerprint density at radius 1 is 1.17 bits per heavy atom. The molecule has 3 aromatic heterocycles. The van der Waals surface area contributed by atoms with Gasteiger partial charge in [0.05, 0.1) is 22.2 Å². The van der Waals surface area contributed by atoms with Crippen LogP contribution in [-0.4, -0.2) is 30.2 Å². The van der Waals surface area contributed by atoms with Crippen molar-refractivity contribution in [1.29, 1.82) is 0 Å². The summed E-state index contributed by atoms with van der Waals surface area (Å²) in [5.74, 6) is 0.973. The maximum atomic E-state index is 12.7. The zero-order valence-electron chi connectivity index (χ0n) is 16.4. The first-order chi connectivity index (χ1) is 13.9. The number of pyridine rings is 1. The number of nitrogens with one attached hydrogen (secondary N) is 1. The van der Waals surface area contributed by atoms with Crippen LogP contribution in [0.4, 0.5) is 5.69 Å². The third kappa shape index (κ3) is 3.73. The van der Waals surface area contributed by atoms with E-state index in [0.717, 1.165) is 5.82 Å². The van der Waals surface area contributed by atoms with Crippen LogP contribution in [0.5, 0.6) is 0 Å². The number of hydrogen-bond donors (Lipinski definition) is 1. The van der Waals surface area contributed by atoms with E-state index in [1.165, 1.54) is 11.8 Å². The standard InChI is InChI=1S/C21H21ClN6O/c1-13(2)14-4-6-15(7-5-14)26-21(29)17-10-24-20-16(19(17)22)11-25-28(20)12-18-23-8-9-27(18)3/h4-11,13H,12H2,1-3H3,(H,26,29). The predicted molar refractivity (Wildman–Crippen MR) is 113 cm³/mol. The van der Waals surface area contributed by atoms with E-state index in [-0.39, 0.29) is 5.91 Å². The molecule has 0 saturated heterocycles. The molecule has 4 rings (SSSR count). The Balaban J connectivity index is 1.58. The van der Waals surface area contributed by atoms with E-state index in [1.54, 1.807) is 17.1 Å². The molecular weight excluding hydrogens is 388 g/mol. The van der Waals surface area contributed by atoms with Crippen molar-refractivity contribution in [2.75, 3.05) is 5.32 Å². The highest BCUT2D eigenvalue weighted by Crippen LogP contribution is 2.27. The van der Waals surface area contributed by atoms with Crippen LogP contribution in [0.25, 0.3) is 11.0 Å². The molecule has 1 N–H and O–H groups in total. The van der Waals surface area contributed by atoms with Gasteiger partial charge in [0, 0.05) is 31.3 Å². The topological polar surface area (TPSA) is 77.6 Å². The molecule has 0 fully saturated rings. The molecule has 1 aromatic carbocycles. The number of carbonyl (C=O) groups excluding carboxylic acids is 1. The number of halogens is 1. The minimum Gasteiger partial charge on any atom is -0.336 e. The lowest BCUT2D eigenvalue weighted by Crippen LogP contribution is -2.13. The van der Waals surface area contributed by atoms with Crippen LogP contribution < -0.4 is 5.32 Å². The van der Waals surface area contributed by atoms with E-state index < -0.39 is 0 Å². The van der Waals surface area contributed by atoms with Crippen LogP contribution in [0.15, 0.2) is 49.1 Å². The fourth-order valence-electron chi connectivity index (χ4n) is 3.10. The minimum absolute atomic E-state index is 0.307. The Kier molecular flexibility index (Phi) is 5.07. The van der Waals surface area contributed by atoms with Crippen LogP contribution in [0.1, 0.15) is 41.5 Å². The smallest absolute Gasteiger partial charge is 0.258 e. The number of aromatic nitrogens is 5. The van der Waals surface area contributed by atoms with Crippen LogP contribution in [0.2, 0.25) is 5.02 Å². The molecule has 3 heterocycles. The zero-order chi connectivity index (χ0) is 20.5. The molecule has 0 aliphatic heterocycles. The highest BCUT2D eigenvalue weighted by molar-refractivity contribution is 6.38. The Bertz CT molecular complexity index is 1180. The first-order valence-electron chi connectivity index (χ1n) is 9.31. The third-order valence-corrected chi connectivity index (χ3v) is 5.30. The van der Waals surface area contributed by atoms with Crippen LogP contribution in [0.3, 0.4) is 0 Å². The molecule has 29 heavy (non-hydrogen) atoms. The van der Waals surface area contributed by atoms with Gasteiger partial charge in [0.2, 0.25) is 0 Å². The molecule has 0 bridgehead atoms. The fourth-order valence-corrected chi connectivity index (χ4v) is 3.37. The van der Waals surface area contributed by atoms with Gasteiger partial charge in [0.25, 0.3) is 5.91 Å². The van der Waals surface area contributed by atoms with E-state index in [0.29, 0.717) is 39.8 Å². The van der Waals surface area contributed by atoms with Crippen molar-refractivity contribution in [1.82, 2.24) is 24.3 Å². The molecule has 4 aromatic rings. The van der Waals surface area contributed by atoms with E-state index in [2.05, 4.69) is 34.2 Å². The van der Waals surface area contributed by atoms with Gasteiger partial charge in [0.1, 0.15) is 12.4 Å². The summed E-state index contributed by atoms with van der Waals surface area (Å²) >= 11 is 6.52. The zero-order valence-corrected chi connectivity index (χ0v) is 17.2. The van der Waals surface area contributed by atoms with Gasteiger partial charge in [-0.2, -0.15) is 5.10 Å². The number of anilines is 1. The maximum Gasteiger partial charge on any atom is 0.258 e. The van der Waals surface area contributed by atoms with E-state index in [4.69, 9.17) is 11.6 Å². The van der Waals surface area contributed by atoms with Gasteiger partial charge in [-0.1, -0.05) is 37.6 Å². The van der Waals surface area contributed by atoms with Crippen molar-refractivity contribution in [3.05, 3.63) is 71.0 Å². The quantitative estimate of drug-likeness (QED) is 0.535. The second-order valence-corrected chi connectivity index (χ2v) is 7.59. The monoisotopic (exact) mass is 408 g/mol. The minimum atomic E-state index is -0.307. The van der Waals surface area contributed by atoms with Gasteiger partial charge in [0.15, 0.2) is 5.65 Å². The Labute approximate surface area is 173 Å². The Morgan fingerprint density at radius 2 is 1.93 bits per heavy atom. The van der Waals surface area contributed by atoms with Crippen molar-refractivity contribution in [2.24, 2.45) is 7.05 Å². The van der Waals surface area contributed by atoms with Crippen molar-refractivity contribution in [2.45, 2.75) is 26.3 Å². The molecule has 148 valence electrons.